The number of para-hydroxylation sites is 5. The first-order valence-corrected chi connectivity index (χ1v) is 17.5. The molecule has 0 saturated carbocycles. The van der Waals surface area contributed by atoms with E-state index in [4.69, 9.17) is 13.3 Å². The van der Waals surface area contributed by atoms with Crippen LogP contribution < -0.4 is 4.90 Å². The van der Waals surface area contributed by atoms with Gasteiger partial charge in [0, 0.05) is 66.6 Å². The Morgan fingerprint density at radius 2 is 0.750 bits per heavy atom. The van der Waals surface area contributed by atoms with E-state index < -0.39 is 0 Å². The molecule has 0 aliphatic rings. The Morgan fingerprint density at radius 1 is 0.288 bits per heavy atom. The summed E-state index contributed by atoms with van der Waals surface area (Å²) >= 11 is 0. The van der Waals surface area contributed by atoms with Crippen LogP contribution in [0.1, 0.15) is 0 Å². The van der Waals surface area contributed by atoms with Gasteiger partial charge in [-0.3, -0.25) is 0 Å². The summed E-state index contributed by atoms with van der Waals surface area (Å²) in [7, 11) is 0. The molecule has 0 radical (unpaired) electrons. The summed E-state index contributed by atoms with van der Waals surface area (Å²) in [6.07, 6.45) is 0. The van der Waals surface area contributed by atoms with Gasteiger partial charge in [-0.15, -0.1) is 0 Å². The van der Waals surface area contributed by atoms with Crippen molar-refractivity contribution in [1.82, 2.24) is 0 Å². The third-order valence-corrected chi connectivity index (χ3v) is 10.3. The molecule has 0 amide bonds. The summed E-state index contributed by atoms with van der Waals surface area (Å²) in [5.74, 6) is 0. The Labute approximate surface area is 298 Å². The number of hydrogen-bond donors (Lipinski definition) is 0. The minimum Gasteiger partial charge on any atom is -0.456 e. The fraction of sp³-hybridized carbons (Fsp3) is 0. The Hall–Kier alpha value is -7.04. The highest BCUT2D eigenvalue weighted by molar-refractivity contribution is 6.14. The zero-order valence-electron chi connectivity index (χ0n) is 27.9. The molecule has 8 aromatic carbocycles. The lowest BCUT2D eigenvalue weighted by Gasteiger charge is -2.25. The van der Waals surface area contributed by atoms with Crippen LogP contribution in [0.4, 0.5) is 17.1 Å². The van der Waals surface area contributed by atoms with Crippen molar-refractivity contribution in [3.05, 3.63) is 176 Å². The summed E-state index contributed by atoms with van der Waals surface area (Å²) in [5, 5.41) is 6.56. The summed E-state index contributed by atoms with van der Waals surface area (Å²) in [6, 6.07) is 61.2. The third kappa shape index (κ3) is 4.41. The minimum absolute atomic E-state index is 0.835. The number of benzene rings is 8. The SMILES string of the molecule is c1ccc(N(c2ccccc2)c2ccc3c(c2)oc2c(-c4ccc5c(c4)oc4c(-c6ccc7c(c6)oc6ccccc67)cccc45)cccc23)cc1. The van der Waals surface area contributed by atoms with Crippen LogP contribution in [0.25, 0.3) is 88.1 Å². The number of furan rings is 3. The average molecular weight is 668 g/mol. The van der Waals surface area contributed by atoms with Gasteiger partial charge in [0.15, 0.2) is 0 Å². The van der Waals surface area contributed by atoms with E-state index in [0.29, 0.717) is 0 Å². The van der Waals surface area contributed by atoms with E-state index in [0.717, 1.165) is 105 Å². The molecule has 11 rings (SSSR count). The smallest absolute Gasteiger partial charge is 0.143 e. The third-order valence-electron chi connectivity index (χ3n) is 10.3. The summed E-state index contributed by atoms with van der Waals surface area (Å²) < 4.78 is 19.7. The van der Waals surface area contributed by atoms with Crippen molar-refractivity contribution in [2.24, 2.45) is 0 Å². The van der Waals surface area contributed by atoms with Crippen LogP contribution >= 0.6 is 0 Å². The van der Waals surface area contributed by atoms with Gasteiger partial charge in [0.05, 0.1) is 0 Å². The number of rotatable bonds is 5. The molecule has 52 heavy (non-hydrogen) atoms. The summed E-state index contributed by atoms with van der Waals surface area (Å²) in [5.41, 5.74) is 12.5. The maximum atomic E-state index is 6.74. The molecule has 4 nitrogen and oxygen atoms in total. The van der Waals surface area contributed by atoms with Gasteiger partial charge in [0.25, 0.3) is 0 Å². The van der Waals surface area contributed by atoms with E-state index in [1.165, 1.54) is 0 Å². The number of hydrogen-bond acceptors (Lipinski definition) is 4. The van der Waals surface area contributed by atoms with E-state index in [1.807, 2.05) is 30.3 Å². The van der Waals surface area contributed by atoms with Crippen molar-refractivity contribution in [3.63, 3.8) is 0 Å². The van der Waals surface area contributed by atoms with Gasteiger partial charge in [-0.05, 0) is 77.9 Å². The van der Waals surface area contributed by atoms with Gasteiger partial charge in [-0.2, -0.15) is 0 Å². The zero-order chi connectivity index (χ0) is 34.2. The largest absolute Gasteiger partial charge is 0.456 e. The van der Waals surface area contributed by atoms with Crippen LogP contribution in [-0.4, -0.2) is 0 Å². The molecule has 0 saturated heterocycles. The van der Waals surface area contributed by atoms with Crippen molar-refractivity contribution < 1.29 is 13.3 Å². The highest BCUT2D eigenvalue weighted by Gasteiger charge is 2.19. The highest BCUT2D eigenvalue weighted by atomic mass is 16.3. The van der Waals surface area contributed by atoms with E-state index in [2.05, 4.69) is 150 Å². The molecular weight excluding hydrogens is 639 g/mol. The normalized spacial score (nSPS) is 11.8. The molecule has 244 valence electrons. The Kier molecular flexibility index (Phi) is 6.22. The lowest BCUT2D eigenvalue weighted by Crippen LogP contribution is -2.09. The van der Waals surface area contributed by atoms with Gasteiger partial charge in [0.1, 0.15) is 33.5 Å². The molecule has 4 heteroatoms. The lowest BCUT2D eigenvalue weighted by molar-refractivity contribution is 0.668. The molecule has 11 aromatic rings. The molecule has 3 aromatic heterocycles. The van der Waals surface area contributed by atoms with Gasteiger partial charge in [-0.1, -0.05) is 103 Å². The average Bonchev–Trinajstić information content (AvgIpc) is 3.89. The van der Waals surface area contributed by atoms with Crippen molar-refractivity contribution in [1.29, 1.82) is 0 Å². The number of nitrogens with zero attached hydrogens (tertiary/aromatic N) is 1. The quantitative estimate of drug-likeness (QED) is 0.183. The van der Waals surface area contributed by atoms with Crippen molar-refractivity contribution in [2.75, 3.05) is 4.90 Å². The highest BCUT2D eigenvalue weighted by Crippen LogP contribution is 2.43. The minimum atomic E-state index is 0.835. The summed E-state index contributed by atoms with van der Waals surface area (Å²) in [6.45, 7) is 0. The predicted molar refractivity (Wildman–Crippen MR) is 214 cm³/mol. The first kappa shape index (κ1) is 28.8. The second-order valence-electron chi connectivity index (χ2n) is 13.3. The zero-order valence-corrected chi connectivity index (χ0v) is 27.9. The first-order valence-electron chi connectivity index (χ1n) is 17.5. The Balaban J connectivity index is 1.02. The van der Waals surface area contributed by atoms with E-state index in [-0.39, 0.29) is 0 Å². The molecule has 3 heterocycles. The maximum Gasteiger partial charge on any atom is 0.143 e. The van der Waals surface area contributed by atoms with Crippen LogP contribution in [0.3, 0.4) is 0 Å². The fourth-order valence-corrected chi connectivity index (χ4v) is 7.84. The Morgan fingerprint density at radius 3 is 1.37 bits per heavy atom. The number of anilines is 3. The molecule has 0 aliphatic carbocycles. The molecule has 0 aliphatic heterocycles. The maximum absolute atomic E-state index is 6.74. The molecule has 0 bridgehead atoms. The Bertz CT molecular complexity index is 3090. The molecule has 0 spiro atoms. The van der Waals surface area contributed by atoms with Crippen molar-refractivity contribution in [3.8, 4) is 22.3 Å². The van der Waals surface area contributed by atoms with E-state index in [9.17, 15) is 0 Å². The molecule has 0 fully saturated rings. The predicted octanol–water partition coefficient (Wildman–Crippen LogP) is 14.2. The van der Waals surface area contributed by atoms with Crippen LogP contribution in [0.15, 0.2) is 189 Å². The van der Waals surface area contributed by atoms with Crippen LogP contribution in [0.2, 0.25) is 0 Å². The number of fused-ring (bicyclic) bond motifs is 9. The van der Waals surface area contributed by atoms with Crippen LogP contribution in [0.5, 0.6) is 0 Å². The first-order chi connectivity index (χ1) is 25.8. The monoisotopic (exact) mass is 667 g/mol. The van der Waals surface area contributed by atoms with E-state index in [1.54, 1.807) is 0 Å². The van der Waals surface area contributed by atoms with Crippen LogP contribution in [-0.2, 0) is 0 Å². The second-order valence-corrected chi connectivity index (χ2v) is 13.3. The molecular formula is C48H29NO3. The van der Waals surface area contributed by atoms with Crippen molar-refractivity contribution in [2.45, 2.75) is 0 Å². The van der Waals surface area contributed by atoms with Gasteiger partial charge in [0.2, 0.25) is 0 Å². The van der Waals surface area contributed by atoms with E-state index >= 15 is 0 Å². The second kappa shape index (κ2) is 11.2. The van der Waals surface area contributed by atoms with Crippen LogP contribution in [0, 0.1) is 0 Å². The molecule has 0 atom stereocenters. The molecule has 0 N–H and O–H groups in total. The lowest BCUT2D eigenvalue weighted by atomic mass is 9.99. The van der Waals surface area contributed by atoms with Crippen molar-refractivity contribution >= 4 is 82.9 Å². The summed E-state index contributed by atoms with van der Waals surface area (Å²) in [4.78, 5) is 2.26. The topological polar surface area (TPSA) is 42.7 Å². The van der Waals surface area contributed by atoms with Gasteiger partial charge >= 0.3 is 0 Å². The van der Waals surface area contributed by atoms with Gasteiger partial charge < -0.3 is 18.2 Å². The molecule has 0 unspecified atom stereocenters. The standard InChI is InChI=1S/C48H29NO3/c1-3-11-32(12-4-1)49(33-13-5-2-6-14-33)34-23-26-40-42-19-10-17-36(48(42)52-46(40)29-34)31-22-25-39-41-18-9-16-35(47(41)51-45(39)28-31)30-21-24-38-37-15-7-8-20-43(37)50-44(38)27-30/h1-29H. The fourth-order valence-electron chi connectivity index (χ4n) is 7.84. The van der Waals surface area contributed by atoms with Gasteiger partial charge in [-0.25, -0.2) is 0 Å².